The third kappa shape index (κ3) is 7.35. The van der Waals surface area contributed by atoms with E-state index >= 15 is 0 Å². The van der Waals surface area contributed by atoms with Crippen LogP contribution in [0.1, 0.15) is 62.9 Å². The number of piperazine rings is 1. The zero-order valence-electron chi connectivity index (χ0n) is 25.0. The van der Waals surface area contributed by atoms with Crippen molar-refractivity contribution in [1.82, 2.24) is 24.8 Å². The molecule has 0 saturated carbocycles. The number of nitrogen functional groups attached to an aromatic ring is 1. The van der Waals surface area contributed by atoms with E-state index in [1.807, 2.05) is 39.8 Å². The lowest BCUT2D eigenvalue weighted by molar-refractivity contribution is 0.100. The second-order valence-corrected chi connectivity index (χ2v) is 11.6. The van der Waals surface area contributed by atoms with Crippen LogP contribution in [0, 0.1) is 12.3 Å². The summed E-state index contributed by atoms with van der Waals surface area (Å²) in [5.74, 6) is 1.01. The third-order valence-corrected chi connectivity index (χ3v) is 7.24. The normalized spacial score (nSPS) is 15.4. The lowest BCUT2D eigenvalue weighted by atomic mass is 9.91. The van der Waals surface area contributed by atoms with Crippen LogP contribution in [0.5, 0.6) is 0 Å². The number of hydrogen-bond donors (Lipinski definition) is 3. The molecule has 2 aromatic heterocycles. The monoisotopic (exact) mass is 558 g/mol. The summed E-state index contributed by atoms with van der Waals surface area (Å²) >= 11 is 0. The zero-order chi connectivity index (χ0) is 29.7. The number of aliphatic imine (C=N–C) groups is 1. The molecule has 41 heavy (non-hydrogen) atoms. The molecule has 0 spiro atoms. The van der Waals surface area contributed by atoms with Gasteiger partial charge in [0.15, 0.2) is 11.6 Å². The highest BCUT2D eigenvalue weighted by atomic mass is 16.1. The Morgan fingerprint density at radius 3 is 2.54 bits per heavy atom. The van der Waals surface area contributed by atoms with Crippen molar-refractivity contribution in [3.8, 4) is 0 Å². The van der Waals surface area contributed by atoms with Gasteiger partial charge in [0.25, 0.3) is 5.91 Å². The van der Waals surface area contributed by atoms with E-state index in [0.29, 0.717) is 57.7 Å². The summed E-state index contributed by atoms with van der Waals surface area (Å²) in [6, 6.07) is 5.46. The van der Waals surface area contributed by atoms with Gasteiger partial charge in [0, 0.05) is 54.3 Å². The Balaban J connectivity index is 1.66. The summed E-state index contributed by atoms with van der Waals surface area (Å²) in [5, 5.41) is 3.36. The molecule has 1 aromatic carbocycles. The number of nitrogens with zero attached hydrogens (tertiary/aromatic N) is 7. The van der Waals surface area contributed by atoms with Gasteiger partial charge >= 0.3 is 0 Å². The molecular weight excluding hydrogens is 516 g/mol. The van der Waals surface area contributed by atoms with Crippen LogP contribution in [-0.4, -0.2) is 69.7 Å². The Bertz CT molecular complexity index is 1470. The Morgan fingerprint density at radius 1 is 1.12 bits per heavy atom. The Labute approximate surface area is 242 Å². The predicted molar refractivity (Wildman–Crippen MR) is 167 cm³/mol. The number of aryl methyl sites for hydroxylation is 1. The fourth-order valence-corrected chi connectivity index (χ4v) is 4.32. The average Bonchev–Trinajstić information content (AvgIpc) is 2.93. The van der Waals surface area contributed by atoms with Gasteiger partial charge in [0.05, 0.1) is 0 Å². The number of likely N-dealkylation sites (N-methyl/N-ethyl adjacent to an activating group) is 1. The summed E-state index contributed by atoms with van der Waals surface area (Å²) in [6.07, 6.45) is 5.87. The maximum absolute atomic E-state index is 13.3. The molecule has 3 heterocycles. The van der Waals surface area contributed by atoms with Crippen LogP contribution in [0.3, 0.4) is 0 Å². The Morgan fingerprint density at radius 2 is 1.85 bits per heavy atom. The molecule has 0 aliphatic carbocycles. The molecule has 1 aliphatic rings. The van der Waals surface area contributed by atoms with Crippen molar-refractivity contribution in [2.75, 3.05) is 49.2 Å². The minimum absolute atomic E-state index is 0.214. The van der Waals surface area contributed by atoms with E-state index in [-0.39, 0.29) is 11.3 Å². The number of rotatable bonds is 8. The molecule has 0 unspecified atom stereocenters. The summed E-state index contributed by atoms with van der Waals surface area (Å²) in [4.78, 5) is 40.3. The highest BCUT2D eigenvalue weighted by Crippen LogP contribution is 2.29. The van der Waals surface area contributed by atoms with E-state index in [0.717, 1.165) is 44.6 Å². The molecule has 0 bridgehead atoms. The topological polar surface area (TPSA) is 152 Å². The van der Waals surface area contributed by atoms with E-state index < -0.39 is 0 Å². The molecule has 3 aromatic rings. The van der Waals surface area contributed by atoms with Gasteiger partial charge in [-0.15, -0.1) is 0 Å². The minimum atomic E-state index is -0.325. The first kappa shape index (κ1) is 29.9. The van der Waals surface area contributed by atoms with Crippen molar-refractivity contribution < 1.29 is 4.79 Å². The summed E-state index contributed by atoms with van der Waals surface area (Å²) in [5.41, 5.74) is 16.9. The number of carbonyl (C=O) groups excluding carboxylic acids is 1. The van der Waals surface area contributed by atoms with Crippen LogP contribution in [-0.2, 0) is 0 Å². The second kappa shape index (κ2) is 12.6. The third-order valence-electron chi connectivity index (χ3n) is 7.24. The van der Waals surface area contributed by atoms with E-state index in [4.69, 9.17) is 16.5 Å². The van der Waals surface area contributed by atoms with E-state index in [2.05, 4.69) is 49.0 Å². The molecule has 1 fully saturated rings. The number of allylic oxidation sites excluding steroid dienone is 2. The Hall–Kier alpha value is -4.12. The highest BCUT2D eigenvalue weighted by Gasteiger charge is 2.20. The smallest absolute Gasteiger partial charge is 0.277 e. The van der Waals surface area contributed by atoms with Gasteiger partial charge in [0.2, 0.25) is 5.95 Å². The number of amides is 1. The van der Waals surface area contributed by atoms with Crippen LogP contribution in [0.2, 0.25) is 0 Å². The molecule has 1 aliphatic heterocycles. The number of fused-ring (bicyclic) bond motifs is 1. The fourth-order valence-electron chi connectivity index (χ4n) is 4.32. The summed E-state index contributed by atoms with van der Waals surface area (Å²) in [7, 11) is 2.10. The first-order valence-corrected chi connectivity index (χ1v) is 14.1. The molecule has 0 atom stereocenters. The first-order chi connectivity index (χ1) is 19.5. The summed E-state index contributed by atoms with van der Waals surface area (Å²) in [6.45, 7) is 13.6. The average molecular weight is 559 g/mol. The van der Waals surface area contributed by atoms with Gasteiger partial charge in [0.1, 0.15) is 17.4 Å². The van der Waals surface area contributed by atoms with Crippen molar-refractivity contribution >= 4 is 45.9 Å². The number of aromatic nitrogens is 4. The van der Waals surface area contributed by atoms with Crippen LogP contribution < -0.4 is 21.7 Å². The van der Waals surface area contributed by atoms with E-state index in [1.54, 1.807) is 12.1 Å². The molecule has 4 rings (SSSR count). The van der Waals surface area contributed by atoms with Gasteiger partial charge in [-0.2, -0.15) is 4.98 Å². The molecule has 5 N–H and O–H groups in total. The molecular formula is C30H42N10O. The number of unbranched alkanes of at least 4 members (excludes halogenated alkanes) is 1. The molecule has 218 valence electrons. The summed E-state index contributed by atoms with van der Waals surface area (Å²) < 4.78 is 0. The molecule has 1 saturated heterocycles. The Kier molecular flexibility index (Phi) is 9.17. The lowest BCUT2D eigenvalue weighted by Gasteiger charge is -2.32. The number of carbonyl (C=O) groups is 1. The van der Waals surface area contributed by atoms with Gasteiger partial charge in [-0.25, -0.2) is 19.9 Å². The fraction of sp³-hybridized carbons (Fsp3) is 0.467. The number of anilines is 4. The highest BCUT2D eigenvalue weighted by molar-refractivity contribution is 6.08. The van der Waals surface area contributed by atoms with Crippen molar-refractivity contribution in [3.05, 3.63) is 47.4 Å². The molecule has 11 heteroatoms. The molecule has 11 nitrogen and oxygen atoms in total. The number of benzene rings is 1. The predicted octanol–water partition coefficient (Wildman–Crippen LogP) is 4.47. The van der Waals surface area contributed by atoms with Crippen LogP contribution >= 0.6 is 0 Å². The quantitative estimate of drug-likeness (QED) is 0.338. The maximum Gasteiger partial charge on any atom is 0.277 e. The van der Waals surface area contributed by atoms with Crippen LogP contribution in [0.4, 0.5) is 23.3 Å². The van der Waals surface area contributed by atoms with Crippen LogP contribution in [0.15, 0.2) is 41.3 Å². The van der Waals surface area contributed by atoms with Gasteiger partial charge in [-0.3, -0.25) is 4.79 Å². The SMILES string of the molecule is CCCCC(C=C(N)C(C)(C)C)=NC(=O)c1ccc(C)c(Nc2ncnc3c(N)nc(N4CCN(C)CC4)nc23)c1. The van der Waals surface area contributed by atoms with Gasteiger partial charge in [-0.1, -0.05) is 40.2 Å². The maximum atomic E-state index is 13.3. The van der Waals surface area contributed by atoms with Crippen molar-refractivity contribution in [2.24, 2.45) is 16.1 Å². The molecule has 1 amide bonds. The largest absolute Gasteiger partial charge is 0.402 e. The lowest BCUT2D eigenvalue weighted by Crippen LogP contribution is -2.45. The van der Waals surface area contributed by atoms with Crippen molar-refractivity contribution in [2.45, 2.75) is 53.9 Å². The van der Waals surface area contributed by atoms with Gasteiger partial charge < -0.3 is 26.6 Å². The van der Waals surface area contributed by atoms with Crippen molar-refractivity contribution in [3.63, 3.8) is 0 Å². The van der Waals surface area contributed by atoms with Crippen LogP contribution in [0.25, 0.3) is 11.0 Å². The van der Waals surface area contributed by atoms with Crippen molar-refractivity contribution in [1.29, 1.82) is 0 Å². The minimum Gasteiger partial charge on any atom is -0.402 e. The van der Waals surface area contributed by atoms with Gasteiger partial charge in [-0.05, 0) is 50.6 Å². The van der Waals surface area contributed by atoms with E-state index in [9.17, 15) is 4.79 Å². The second-order valence-electron chi connectivity index (χ2n) is 11.6. The number of hydrogen-bond acceptors (Lipinski definition) is 10. The first-order valence-electron chi connectivity index (χ1n) is 14.1. The standard InChI is InChI=1S/C30H42N10O/c1-7-8-9-21(17-23(31)30(3,4)5)35-28(41)20-11-10-19(2)22(16-20)36-27-25-24(33-18-34-27)26(32)38-29(37-25)40-14-12-39(6)13-15-40/h10-11,16-18H,7-9,12-15,31H2,1-6H3,(H2,32,37,38)(H,33,34,36). The number of nitrogens with one attached hydrogen (secondary N) is 1. The number of nitrogens with two attached hydrogens (primary N) is 2. The molecule has 0 radical (unpaired) electrons. The zero-order valence-corrected chi connectivity index (χ0v) is 25.0. The van der Waals surface area contributed by atoms with E-state index in [1.165, 1.54) is 6.33 Å².